The molecule has 3 heterocycles. The van der Waals surface area contributed by atoms with Crippen molar-refractivity contribution in [3.05, 3.63) is 289 Å². The quantitative estimate of drug-likeness (QED) is 0.152. The van der Waals surface area contributed by atoms with Crippen molar-refractivity contribution in [2.45, 2.75) is 5.41 Å². The van der Waals surface area contributed by atoms with E-state index < -0.39 is 5.41 Å². The van der Waals surface area contributed by atoms with E-state index in [9.17, 15) is 0 Å². The van der Waals surface area contributed by atoms with Crippen molar-refractivity contribution in [1.29, 1.82) is 0 Å². The SMILES string of the molecule is c1ccc(-c2nc(-c3ccccc3)nc(-c3cccc4sc5ccc(-c6ccc7c(c6)c6cc(-c8cccc9c8-c8ccccc8C9(c8ccccc8)c8ccccc8)ccc6n7-c6ccccc6)cc5c34)n2)cc1. The molecular formula is C70H44N4S. The Bertz CT molecular complexity index is 4410. The summed E-state index contributed by atoms with van der Waals surface area (Å²) in [5.41, 5.74) is 18.3. The van der Waals surface area contributed by atoms with Gasteiger partial charge >= 0.3 is 0 Å². The van der Waals surface area contributed by atoms with Crippen LogP contribution in [0.3, 0.4) is 0 Å². The molecule has 0 N–H and O–H groups in total. The molecule has 0 radical (unpaired) electrons. The minimum atomic E-state index is -0.482. The number of aromatic nitrogens is 4. The molecule has 0 fully saturated rings. The summed E-state index contributed by atoms with van der Waals surface area (Å²) in [6.45, 7) is 0. The van der Waals surface area contributed by atoms with Gasteiger partial charge in [0.25, 0.3) is 0 Å². The molecule has 0 saturated heterocycles. The number of benzene rings is 11. The van der Waals surface area contributed by atoms with Crippen molar-refractivity contribution in [1.82, 2.24) is 19.5 Å². The first kappa shape index (κ1) is 43.1. The van der Waals surface area contributed by atoms with Crippen molar-refractivity contribution < 1.29 is 0 Å². The Balaban J connectivity index is 0.916. The Labute approximate surface area is 438 Å². The van der Waals surface area contributed by atoms with Crippen LogP contribution < -0.4 is 0 Å². The lowest BCUT2D eigenvalue weighted by Gasteiger charge is -2.34. The van der Waals surface area contributed by atoms with Crippen LogP contribution in [0.2, 0.25) is 0 Å². The van der Waals surface area contributed by atoms with Crippen LogP contribution in [0.25, 0.3) is 115 Å². The highest BCUT2D eigenvalue weighted by Gasteiger charge is 2.46. The number of hydrogen-bond acceptors (Lipinski definition) is 4. The van der Waals surface area contributed by atoms with Crippen LogP contribution in [0, 0.1) is 0 Å². The molecule has 11 aromatic carbocycles. The predicted octanol–water partition coefficient (Wildman–Crippen LogP) is 18.0. The topological polar surface area (TPSA) is 43.6 Å². The normalized spacial score (nSPS) is 12.6. The van der Waals surface area contributed by atoms with E-state index in [2.05, 4.69) is 235 Å². The Morgan fingerprint density at radius 2 is 0.800 bits per heavy atom. The molecule has 0 amide bonds. The third-order valence-corrected chi connectivity index (χ3v) is 16.5. The fourth-order valence-corrected chi connectivity index (χ4v) is 13.2. The Hall–Kier alpha value is -9.55. The van der Waals surface area contributed by atoms with E-state index in [-0.39, 0.29) is 0 Å². The van der Waals surface area contributed by atoms with E-state index in [0.717, 1.165) is 44.4 Å². The van der Waals surface area contributed by atoms with Gasteiger partial charge in [0.05, 0.1) is 16.4 Å². The number of rotatable bonds is 8. The Morgan fingerprint density at radius 1 is 0.320 bits per heavy atom. The lowest BCUT2D eigenvalue weighted by Crippen LogP contribution is -2.28. The monoisotopic (exact) mass is 972 g/mol. The van der Waals surface area contributed by atoms with Gasteiger partial charge in [-0.05, 0) is 110 Å². The molecule has 350 valence electrons. The van der Waals surface area contributed by atoms with Gasteiger partial charge in [0.2, 0.25) is 0 Å². The van der Waals surface area contributed by atoms with Gasteiger partial charge in [-0.25, -0.2) is 15.0 Å². The maximum Gasteiger partial charge on any atom is 0.164 e. The Kier molecular flexibility index (Phi) is 9.94. The zero-order valence-electron chi connectivity index (χ0n) is 40.6. The zero-order chi connectivity index (χ0) is 49.5. The summed E-state index contributed by atoms with van der Waals surface area (Å²) in [4.78, 5) is 15.4. The molecule has 0 aliphatic heterocycles. The van der Waals surface area contributed by atoms with Gasteiger partial charge in [-0.2, -0.15) is 0 Å². The summed E-state index contributed by atoms with van der Waals surface area (Å²) < 4.78 is 4.83. The second kappa shape index (κ2) is 17.3. The Morgan fingerprint density at radius 3 is 1.45 bits per heavy atom. The minimum absolute atomic E-state index is 0.482. The van der Waals surface area contributed by atoms with Gasteiger partial charge in [0, 0.05) is 53.3 Å². The van der Waals surface area contributed by atoms with E-state index in [1.165, 1.54) is 75.6 Å². The number of hydrogen-bond donors (Lipinski definition) is 0. The van der Waals surface area contributed by atoms with Crippen LogP contribution in [0.15, 0.2) is 267 Å². The van der Waals surface area contributed by atoms with Gasteiger partial charge in [0.1, 0.15) is 0 Å². The van der Waals surface area contributed by atoms with E-state index in [1.807, 2.05) is 47.7 Å². The molecule has 5 heteroatoms. The summed E-state index contributed by atoms with van der Waals surface area (Å²) in [5, 5.41) is 4.74. The molecule has 0 atom stereocenters. The van der Waals surface area contributed by atoms with Crippen molar-refractivity contribution >= 4 is 53.3 Å². The lowest BCUT2D eigenvalue weighted by atomic mass is 9.67. The average Bonchev–Trinajstić information content (AvgIpc) is 4.24. The molecule has 1 aliphatic rings. The summed E-state index contributed by atoms with van der Waals surface area (Å²) in [6.07, 6.45) is 0. The third kappa shape index (κ3) is 6.79. The van der Waals surface area contributed by atoms with E-state index in [1.54, 1.807) is 0 Å². The van der Waals surface area contributed by atoms with Gasteiger partial charge in [0.15, 0.2) is 17.5 Å². The largest absolute Gasteiger partial charge is 0.309 e. The molecular weight excluding hydrogens is 929 g/mol. The fourth-order valence-electron chi connectivity index (χ4n) is 12.1. The molecule has 3 aromatic heterocycles. The van der Waals surface area contributed by atoms with Crippen molar-refractivity contribution in [2.24, 2.45) is 0 Å². The lowest BCUT2D eigenvalue weighted by molar-refractivity contribution is 0.768. The van der Waals surface area contributed by atoms with Gasteiger partial charge in [-0.1, -0.05) is 212 Å². The first-order valence-electron chi connectivity index (χ1n) is 25.5. The first-order chi connectivity index (χ1) is 37.2. The van der Waals surface area contributed by atoms with Crippen molar-refractivity contribution in [3.63, 3.8) is 0 Å². The minimum Gasteiger partial charge on any atom is -0.309 e. The summed E-state index contributed by atoms with van der Waals surface area (Å²) in [5.74, 6) is 1.95. The number of fused-ring (bicyclic) bond motifs is 9. The zero-order valence-corrected chi connectivity index (χ0v) is 41.4. The molecule has 14 aromatic rings. The number of thiophene rings is 1. The summed E-state index contributed by atoms with van der Waals surface area (Å²) >= 11 is 1.81. The van der Waals surface area contributed by atoms with Crippen molar-refractivity contribution in [3.8, 4) is 73.2 Å². The van der Waals surface area contributed by atoms with Crippen molar-refractivity contribution in [2.75, 3.05) is 0 Å². The highest BCUT2D eigenvalue weighted by Crippen LogP contribution is 2.58. The molecule has 0 spiro atoms. The fraction of sp³-hybridized carbons (Fsp3) is 0.0143. The molecule has 0 bridgehead atoms. The van der Waals surface area contributed by atoms with Gasteiger partial charge in [-0.15, -0.1) is 11.3 Å². The highest BCUT2D eigenvalue weighted by molar-refractivity contribution is 7.26. The highest BCUT2D eigenvalue weighted by atomic mass is 32.1. The van der Waals surface area contributed by atoms with Crippen LogP contribution in [-0.4, -0.2) is 19.5 Å². The number of nitrogens with zero attached hydrogens (tertiary/aromatic N) is 4. The van der Waals surface area contributed by atoms with E-state index in [4.69, 9.17) is 15.0 Å². The number of para-hydroxylation sites is 1. The molecule has 75 heavy (non-hydrogen) atoms. The molecule has 1 aliphatic carbocycles. The second-order valence-corrected chi connectivity index (χ2v) is 20.5. The molecule has 0 saturated carbocycles. The maximum absolute atomic E-state index is 5.18. The second-order valence-electron chi connectivity index (χ2n) is 19.4. The van der Waals surface area contributed by atoms with Crippen LogP contribution in [0.5, 0.6) is 0 Å². The van der Waals surface area contributed by atoms with E-state index >= 15 is 0 Å². The van der Waals surface area contributed by atoms with Crippen LogP contribution in [0.1, 0.15) is 22.3 Å². The van der Waals surface area contributed by atoms with Gasteiger partial charge in [-0.3, -0.25) is 0 Å². The molecule has 4 nitrogen and oxygen atoms in total. The standard InChI is InChI=1S/C70H44N4S/c1-6-20-45(21-7-1)67-71-68(46-22-8-2-9-23-46)73-69(72-67)55-32-19-35-64-66(55)58-43-48(38-41-63(58)75-64)47-36-39-61-56(42-47)57-44-49(37-40-62(57)74(61)52-28-14-5-15-29-52)53-31-18-34-60-65(53)54-30-16-17-33-59(54)70(60,50-24-10-3-11-25-50)51-26-12-4-13-27-51/h1-44H. The summed E-state index contributed by atoms with van der Waals surface area (Å²) in [7, 11) is 0. The third-order valence-electron chi connectivity index (χ3n) is 15.3. The predicted molar refractivity (Wildman–Crippen MR) is 312 cm³/mol. The smallest absolute Gasteiger partial charge is 0.164 e. The average molecular weight is 973 g/mol. The van der Waals surface area contributed by atoms with Crippen LogP contribution in [-0.2, 0) is 5.41 Å². The first-order valence-corrected chi connectivity index (χ1v) is 26.3. The molecule has 0 unspecified atom stereocenters. The van der Waals surface area contributed by atoms with Gasteiger partial charge < -0.3 is 4.57 Å². The summed E-state index contributed by atoms with van der Waals surface area (Å²) in [6, 6.07) is 96.8. The van der Waals surface area contributed by atoms with Crippen LogP contribution >= 0.6 is 11.3 Å². The maximum atomic E-state index is 5.18. The van der Waals surface area contributed by atoms with Crippen LogP contribution in [0.4, 0.5) is 0 Å². The van der Waals surface area contributed by atoms with E-state index in [0.29, 0.717) is 17.5 Å². The molecule has 15 rings (SSSR count).